The van der Waals surface area contributed by atoms with Gasteiger partial charge >= 0.3 is 0 Å². The minimum atomic E-state index is -0.515. The summed E-state index contributed by atoms with van der Waals surface area (Å²) in [6, 6.07) is 18.6. The van der Waals surface area contributed by atoms with Crippen LogP contribution in [0.2, 0.25) is 0 Å². The fraction of sp³-hybridized carbons (Fsp3) is 0.0800. The summed E-state index contributed by atoms with van der Waals surface area (Å²) in [7, 11) is 0. The molecule has 0 aliphatic rings. The Hall–Kier alpha value is -4.97. The fourth-order valence-electron chi connectivity index (χ4n) is 3.64. The molecular weight excluding hydrogens is 434 g/mol. The van der Waals surface area contributed by atoms with Crippen LogP contribution in [0.3, 0.4) is 0 Å². The Balaban J connectivity index is 1.54. The maximum atomic E-state index is 12.3. The zero-order chi connectivity index (χ0) is 24.2. The van der Waals surface area contributed by atoms with Gasteiger partial charge in [-0.1, -0.05) is 24.3 Å². The fourth-order valence-corrected chi connectivity index (χ4v) is 3.64. The van der Waals surface area contributed by atoms with Crippen molar-refractivity contribution >= 4 is 28.7 Å². The molecule has 1 heterocycles. The first kappa shape index (κ1) is 22.2. The van der Waals surface area contributed by atoms with Crippen LogP contribution in [0.25, 0.3) is 10.9 Å². The average Bonchev–Trinajstić information content (AvgIpc) is 3.24. The van der Waals surface area contributed by atoms with E-state index in [0.29, 0.717) is 12.1 Å². The number of rotatable bonds is 6. The van der Waals surface area contributed by atoms with Gasteiger partial charge in [-0.3, -0.25) is 14.9 Å². The first-order valence-corrected chi connectivity index (χ1v) is 10.3. The number of nitro groups is 1. The minimum Gasteiger partial charge on any atom is -0.507 e. The average molecular weight is 453 g/mol. The van der Waals surface area contributed by atoms with E-state index < -0.39 is 5.91 Å². The van der Waals surface area contributed by atoms with E-state index in [9.17, 15) is 20.0 Å². The van der Waals surface area contributed by atoms with Gasteiger partial charge < -0.3 is 9.67 Å². The molecule has 0 aliphatic heterocycles. The zero-order valence-electron chi connectivity index (χ0n) is 18.1. The van der Waals surface area contributed by atoms with Gasteiger partial charge in [-0.25, -0.2) is 5.43 Å². The number of aromatic hydroxyl groups is 1. The van der Waals surface area contributed by atoms with Crippen LogP contribution in [-0.2, 0) is 6.54 Å². The van der Waals surface area contributed by atoms with Crippen LogP contribution in [0.1, 0.15) is 32.6 Å². The Morgan fingerprint density at radius 3 is 2.82 bits per heavy atom. The maximum Gasteiger partial charge on any atom is 0.272 e. The number of nitriles is 1. The topological polar surface area (TPSA) is 134 Å². The molecule has 0 saturated carbocycles. The van der Waals surface area contributed by atoms with Gasteiger partial charge in [-0.05, 0) is 42.8 Å². The zero-order valence-corrected chi connectivity index (χ0v) is 18.1. The summed E-state index contributed by atoms with van der Waals surface area (Å²) < 4.78 is 1.99. The highest BCUT2D eigenvalue weighted by molar-refractivity contribution is 6.00. The lowest BCUT2D eigenvalue weighted by atomic mass is 10.1. The smallest absolute Gasteiger partial charge is 0.272 e. The number of amides is 1. The largest absolute Gasteiger partial charge is 0.507 e. The third kappa shape index (κ3) is 4.47. The van der Waals surface area contributed by atoms with Crippen LogP contribution in [0, 0.1) is 28.4 Å². The van der Waals surface area contributed by atoms with Crippen molar-refractivity contribution in [1.82, 2.24) is 9.99 Å². The molecular formula is C25H19N5O4. The first-order chi connectivity index (χ1) is 16.4. The van der Waals surface area contributed by atoms with E-state index in [-0.39, 0.29) is 27.5 Å². The number of aromatic nitrogens is 1. The van der Waals surface area contributed by atoms with E-state index >= 15 is 0 Å². The molecule has 9 heteroatoms. The van der Waals surface area contributed by atoms with E-state index in [1.165, 1.54) is 24.4 Å². The number of nitrogens with one attached hydrogen (secondary N) is 1. The highest BCUT2D eigenvalue weighted by Gasteiger charge is 2.12. The molecule has 1 aromatic heterocycles. The molecule has 0 saturated heterocycles. The Kier molecular flexibility index (Phi) is 6.05. The minimum absolute atomic E-state index is 0.00152. The van der Waals surface area contributed by atoms with Crippen LogP contribution in [0.4, 0.5) is 5.69 Å². The molecule has 3 aromatic carbocycles. The molecule has 4 rings (SSSR count). The number of phenolic OH excluding ortho intramolecular Hbond substituents is 1. The second-order valence-corrected chi connectivity index (χ2v) is 7.64. The molecule has 0 radical (unpaired) electrons. The molecule has 1 amide bonds. The molecule has 0 unspecified atom stereocenters. The van der Waals surface area contributed by atoms with Gasteiger partial charge in [0.2, 0.25) is 0 Å². The number of hydrogen-bond acceptors (Lipinski definition) is 6. The predicted molar refractivity (Wildman–Crippen MR) is 127 cm³/mol. The van der Waals surface area contributed by atoms with Crippen LogP contribution in [-0.4, -0.2) is 26.7 Å². The number of nitro benzene ring substituents is 1. The molecule has 0 atom stereocenters. The monoisotopic (exact) mass is 453 g/mol. The van der Waals surface area contributed by atoms with Gasteiger partial charge in [0, 0.05) is 46.4 Å². The SMILES string of the molecule is Cc1ccc(Cn2ccc3c(/C=N/NC(=O)c4ccc(O)c(C#N)c4)cccc32)cc1[N+](=O)[O-]. The highest BCUT2D eigenvalue weighted by Crippen LogP contribution is 2.23. The number of phenols is 1. The quantitative estimate of drug-likeness (QED) is 0.256. The lowest BCUT2D eigenvalue weighted by Gasteiger charge is -2.07. The lowest BCUT2D eigenvalue weighted by molar-refractivity contribution is -0.385. The van der Waals surface area contributed by atoms with Crippen molar-refractivity contribution in [2.75, 3.05) is 0 Å². The van der Waals surface area contributed by atoms with Crippen molar-refractivity contribution in [2.24, 2.45) is 5.10 Å². The molecule has 9 nitrogen and oxygen atoms in total. The predicted octanol–water partition coefficient (Wildman–Crippen LogP) is 4.25. The summed E-state index contributed by atoms with van der Waals surface area (Å²) in [6.07, 6.45) is 3.42. The van der Waals surface area contributed by atoms with Crippen LogP contribution in [0.15, 0.2) is 72.0 Å². The van der Waals surface area contributed by atoms with Crippen LogP contribution in [0.5, 0.6) is 5.75 Å². The van der Waals surface area contributed by atoms with Crippen molar-refractivity contribution in [3.63, 3.8) is 0 Å². The molecule has 0 fully saturated rings. The third-order valence-electron chi connectivity index (χ3n) is 5.42. The summed E-state index contributed by atoms with van der Waals surface area (Å²) >= 11 is 0. The van der Waals surface area contributed by atoms with E-state index in [2.05, 4.69) is 10.5 Å². The third-order valence-corrected chi connectivity index (χ3v) is 5.42. The van der Waals surface area contributed by atoms with Gasteiger partial charge in [0.25, 0.3) is 11.6 Å². The molecule has 168 valence electrons. The number of aryl methyl sites for hydroxylation is 1. The van der Waals surface area contributed by atoms with Gasteiger partial charge in [-0.2, -0.15) is 10.4 Å². The van der Waals surface area contributed by atoms with E-state index in [1.54, 1.807) is 19.1 Å². The highest BCUT2D eigenvalue weighted by atomic mass is 16.6. The van der Waals surface area contributed by atoms with E-state index in [0.717, 1.165) is 22.0 Å². The van der Waals surface area contributed by atoms with E-state index in [4.69, 9.17) is 5.26 Å². The molecule has 34 heavy (non-hydrogen) atoms. The van der Waals surface area contributed by atoms with Crippen molar-refractivity contribution in [3.05, 3.63) is 105 Å². The number of carbonyl (C=O) groups excluding carboxylic acids is 1. The maximum absolute atomic E-state index is 12.3. The number of carbonyl (C=O) groups is 1. The number of hydrogen-bond donors (Lipinski definition) is 2. The lowest BCUT2D eigenvalue weighted by Crippen LogP contribution is -2.17. The van der Waals surface area contributed by atoms with Crippen LogP contribution >= 0.6 is 0 Å². The van der Waals surface area contributed by atoms with Crippen molar-refractivity contribution in [2.45, 2.75) is 13.5 Å². The van der Waals surface area contributed by atoms with Crippen molar-refractivity contribution in [1.29, 1.82) is 5.26 Å². The van der Waals surface area contributed by atoms with Crippen molar-refractivity contribution in [3.8, 4) is 11.8 Å². The number of benzene rings is 3. The Labute approximate surface area is 194 Å². The Bertz CT molecular complexity index is 1500. The summed E-state index contributed by atoms with van der Waals surface area (Å²) in [5, 5.41) is 34.7. The molecule has 0 spiro atoms. The Morgan fingerprint density at radius 2 is 2.06 bits per heavy atom. The van der Waals surface area contributed by atoms with Gasteiger partial charge in [0.1, 0.15) is 11.8 Å². The van der Waals surface area contributed by atoms with Gasteiger partial charge in [0.15, 0.2) is 0 Å². The van der Waals surface area contributed by atoms with Gasteiger partial charge in [-0.15, -0.1) is 0 Å². The summed E-state index contributed by atoms with van der Waals surface area (Å²) in [5.41, 5.74) is 5.82. The number of nitrogens with zero attached hydrogens (tertiary/aromatic N) is 4. The standard InChI is InChI=1S/C25H19N5O4/c1-16-5-6-17(11-23(16)30(33)34)15-29-10-9-21-19(3-2-4-22(21)29)14-27-28-25(32)18-7-8-24(31)20(12-18)13-26/h2-12,14,31H,15H2,1H3,(H,28,32)/b27-14+. The van der Waals surface area contributed by atoms with Crippen molar-refractivity contribution < 1.29 is 14.8 Å². The second kappa shape index (κ2) is 9.26. The second-order valence-electron chi connectivity index (χ2n) is 7.64. The number of fused-ring (bicyclic) bond motifs is 1. The summed E-state index contributed by atoms with van der Waals surface area (Å²) in [4.78, 5) is 23.2. The molecule has 4 aromatic rings. The molecule has 0 aliphatic carbocycles. The Morgan fingerprint density at radius 1 is 1.24 bits per heavy atom. The van der Waals surface area contributed by atoms with Crippen LogP contribution < -0.4 is 5.43 Å². The summed E-state index contributed by atoms with van der Waals surface area (Å²) in [6.45, 7) is 2.17. The normalized spacial score (nSPS) is 10.9. The number of hydrazone groups is 1. The van der Waals surface area contributed by atoms with E-state index in [1.807, 2.05) is 47.2 Å². The first-order valence-electron chi connectivity index (χ1n) is 10.3. The summed E-state index contributed by atoms with van der Waals surface area (Å²) in [5.74, 6) is -0.711. The molecule has 2 N–H and O–H groups in total. The van der Waals surface area contributed by atoms with Gasteiger partial charge in [0.05, 0.1) is 16.7 Å². The molecule has 0 bridgehead atoms.